The number of anilines is 3. The minimum Gasteiger partial charge on any atom is -0.368 e. The molecule has 1 saturated carbocycles. The molecule has 1 aromatic carbocycles. The Morgan fingerprint density at radius 1 is 1.00 bits per heavy atom. The van der Waals surface area contributed by atoms with Gasteiger partial charge in [-0.2, -0.15) is 15.0 Å². The normalized spacial score (nSPS) is 13.7. The van der Waals surface area contributed by atoms with E-state index in [9.17, 15) is 0 Å². The van der Waals surface area contributed by atoms with Crippen molar-refractivity contribution in [2.75, 3.05) is 11.1 Å². The lowest BCUT2D eigenvalue weighted by Crippen LogP contribution is -2.05. The van der Waals surface area contributed by atoms with E-state index in [0.29, 0.717) is 17.7 Å². The van der Waals surface area contributed by atoms with E-state index in [2.05, 4.69) is 25.3 Å². The Labute approximate surface area is 133 Å². The number of nitrogens with one attached hydrogen (secondary N) is 1. The maximum Gasteiger partial charge on any atom is 0.232 e. The van der Waals surface area contributed by atoms with Gasteiger partial charge in [0.15, 0.2) is 5.82 Å². The molecule has 4 rings (SSSR count). The highest BCUT2D eigenvalue weighted by molar-refractivity contribution is 5.60. The van der Waals surface area contributed by atoms with E-state index in [-0.39, 0.29) is 5.95 Å². The number of hydrogen-bond donors (Lipinski definition) is 2. The van der Waals surface area contributed by atoms with Gasteiger partial charge in [-0.05, 0) is 25.0 Å². The van der Waals surface area contributed by atoms with E-state index in [1.807, 2.05) is 42.5 Å². The van der Waals surface area contributed by atoms with Gasteiger partial charge in [0.2, 0.25) is 11.9 Å². The van der Waals surface area contributed by atoms with Gasteiger partial charge in [0, 0.05) is 29.1 Å². The predicted octanol–water partition coefficient (Wildman–Crippen LogP) is 3.14. The summed E-state index contributed by atoms with van der Waals surface area (Å²) in [7, 11) is 0. The molecule has 3 aromatic rings. The van der Waals surface area contributed by atoms with Crippen molar-refractivity contribution in [3.8, 4) is 11.4 Å². The Bertz CT molecular complexity index is 829. The van der Waals surface area contributed by atoms with Crippen LogP contribution in [0, 0.1) is 0 Å². The molecule has 0 amide bonds. The third-order valence-electron chi connectivity index (χ3n) is 3.72. The largest absolute Gasteiger partial charge is 0.368 e. The summed E-state index contributed by atoms with van der Waals surface area (Å²) in [5.41, 5.74) is 8.75. The zero-order chi connectivity index (χ0) is 15.6. The highest BCUT2D eigenvalue weighted by Gasteiger charge is 2.24. The zero-order valence-electron chi connectivity index (χ0n) is 12.5. The van der Waals surface area contributed by atoms with Crippen LogP contribution in [-0.2, 0) is 0 Å². The van der Waals surface area contributed by atoms with Crippen molar-refractivity contribution < 1.29 is 0 Å². The number of rotatable bonds is 4. The van der Waals surface area contributed by atoms with E-state index >= 15 is 0 Å². The lowest BCUT2D eigenvalue weighted by Gasteiger charge is -2.08. The molecular formula is C17H16N6. The second-order valence-corrected chi connectivity index (χ2v) is 5.58. The number of nitrogen functional groups attached to an aromatic ring is 1. The molecule has 1 aliphatic carbocycles. The molecule has 0 bridgehead atoms. The quantitative estimate of drug-likeness (QED) is 0.769. The van der Waals surface area contributed by atoms with Crippen LogP contribution in [0.25, 0.3) is 11.4 Å². The molecule has 3 N–H and O–H groups in total. The molecule has 1 aliphatic rings. The maximum absolute atomic E-state index is 5.82. The first-order chi connectivity index (χ1) is 11.3. The van der Waals surface area contributed by atoms with Gasteiger partial charge < -0.3 is 11.1 Å². The van der Waals surface area contributed by atoms with Crippen LogP contribution in [0.5, 0.6) is 0 Å². The Morgan fingerprint density at radius 3 is 2.61 bits per heavy atom. The molecule has 23 heavy (non-hydrogen) atoms. The van der Waals surface area contributed by atoms with Crippen LogP contribution in [0.1, 0.15) is 24.5 Å². The first kappa shape index (κ1) is 13.6. The molecule has 114 valence electrons. The van der Waals surface area contributed by atoms with E-state index in [1.165, 1.54) is 12.8 Å². The number of nitrogens with zero attached hydrogens (tertiary/aromatic N) is 4. The molecule has 0 saturated heterocycles. The minimum absolute atomic E-state index is 0.192. The topological polar surface area (TPSA) is 89.6 Å². The Hall–Kier alpha value is -3.02. The second-order valence-electron chi connectivity index (χ2n) is 5.58. The minimum atomic E-state index is 0.192. The van der Waals surface area contributed by atoms with Crippen molar-refractivity contribution >= 4 is 17.6 Å². The molecule has 2 aromatic heterocycles. The number of aromatic nitrogens is 4. The fourth-order valence-corrected chi connectivity index (χ4v) is 2.42. The van der Waals surface area contributed by atoms with Gasteiger partial charge in [-0.1, -0.05) is 30.3 Å². The second kappa shape index (κ2) is 5.64. The molecule has 0 unspecified atom stereocenters. The number of hydrogen-bond acceptors (Lipinski definition) is 6. The molecule has 0 radical (unpaired) electrons. The molecule has 2 heterocycles. The van der Waals surface area contributed by atoms with Crippen molar-refractivity contribution in [1.29, 1.82) is 0 Å². The van der Waals surface area contributed by atoms with Gasteiger partial charge in [-0.25, -0.2) is 0 Å². The summed E-state index contributed by atoms with van der Waals surface area (Å²) in [4.78, 5) is 17.2. The number of benzene rings is 1. The van der Waals surface area contributed by atoms with Gasteiger partial charge in [0.25, 0.3) is 0 Å². The number of pyridine rings is 1. The van der Waals surface area contributed by atoms with Crippen LogP contribution in [0.4, 0.5) is 17.6 Å². The van der Waals surface area contributed by atoms with Crippen LogP contribution in [0.2, 0.25) is 0 Å². The van der Waals surface area contributed by atoms with Gasteiger partial charge in [-0.3, -0.25) is 4.98 Å². The predicted molar refractivity (Wildman–Crippen MR) is 89.2 cm³/mol. The molecule has 0 atom stereocenters. The van der Waals surface area contributed by atoms with Gasteiger partial charge in [0.1, 0.15) is 0 Å². The SMILES string of the molecule is Nc1nc(Nc2ccnc(C3CC3)c2)nc(-c2ccccc2)n1. The first-order valence-corrected chi connectivity index (χ1v) is 7.58. The number of nitrogens with two attached hydrogens (primary N) is 1. The smallest absolute Gasteiger partial charge is 0.232 e. The Balaban J connectivity index is 1.64. The van der Waals surface area contributed by atoms with Crippen LogP contribution in [0.3, 0.4) is 0 Å². The third-order valence-corrected chi connectivity index (χ3v) is 3.72. The summed E-state index contributed by atoms with van der Waals surface area (Å²) < 4.78 is 0. The van der Waals surface area contributed by atoms with Crippen molar-refractivity contribution in [3.05, 3.63) is 54.4 Å². The summed E-state index contributed by atoms with van der Waals surface area (Å²) in [6, 6.07) is 13.6. The van der Waals surface area contributed by atoms with Crippen molar-refractivity contribution in [2.24, 2.45) is 0 Å². The molecule has 6 heteroatoms. The third kappa shape index (κ3) is 3.11. The van der Waals surface area contributed by atoms with E-state index in [0.717, 1.165) is 16.9 Å². The van der Waals surface area contributed by atoms with Crippen LogP contribution in [-0.4, -0.2) is 19.9 Å². The Morgan fingerprint density at radius 2 is 1.83 bits per heavy atom. The van der Waals surface area contributed by atoms with Gasteiger partial charge in [-0.15, -0.1) is 0 Å². The molecule has 6 nitrogen and oxygen atoms in total. The molecule has 0 aliphatic heterocycles. The first-order valence-electron chi connectivity index (χ1n) is 7.58. The summed E-state index contributed by atoms with van der Waals surface area (Å²) in [6.45, 7) is 0. The standard InChI is InChI=1S/C17H16N6/c18-16-21-15(12-4-2-1-3-5-12)22-17(23-16)20-13-8-9-19-14(10-13)11-6-7-11/h1-5,8-11H,6-7H2,(H3,18,19,20,21,22,23). The zero-order valence-corrected chi connectivity index (χ0v) is 12.5. The fourth-order valence-electron chi connectivity index (χ4n) is 2.42. The van der Waals surface area contributed by atoms with Crippen LogP contribution in [0.15, 0.2) is 48.7 Å². The molecule has 1 fully saturated rings. The fraction of sp³-hybridized carbons (Fsp3) is 0.176. The maximum atomic E-state index is 5.82. The monoisotopic (exact) mass is 304 g/mol. The summed E-state index contributed by atoms with van der Waals surface area (Å²) >= 11 is 0. The highest BCUT2D eigenvalue weighted by Crippen LogP contribution is 2.39. The lowest BCUT2D eigenvalue weighted by molar-refractivity contribution is 1.02. The van der Waals surface area contributed by atoms with Crippen molar-refractivity contribution in [1.82, 2.24) is 19.9 Å². The molecular weight excluding hydrogens is 288 g/mol. The lowest BCUT2D eigenvalue weighted by atomic mass is 10.2. The van der Waals surface area contributed by atoms with Gasteiger partial charge >= 0.3 is 0 Å². The summed E-state index contributed by atoms with van der Waals surface area (Å²) in [5, 5.41) is 3.20. The highest BCUT2D eigenvalue weighted by atomic mass is 15.2. The average molecular weight is 304 g/mol. The Kier molecular flexibility index (Phi) is 3.34. The van der Waals surface area contributed by atoms with E-state index in [4.69, 9.17) is 5.73 Å². The van der Waals surface area contributed by atoms with Crippen molar-refractivity contribution in [3.63, 3.8) is 0 Å². The van der Waals surface area contributed by atoms with Crippen LogP contribution >= 0.6 is 0 Å². The average Bonchev–Trinajstić information content (AvgIpc) is 3.40. The van der Waals surface area contributed by atoms with Gasteiger partial charge in [0.05, 0.1) is 0 Å². The van der Waals surface area contributed by atoms with Crippen LogP contribution < -0.4 is 11.1 Å². The molecule has 0 spiro atoms. The van der Waals surface area contributed by atoms with E-state index in [1.54, 1.807) is 6.20 Å². The summed E-state index contributed by atoms with van der Waals surface area (Å²) in [5.74, 6) is 1.78. The van der Waals surface area contributed by atoms with E-state index < -0.39 is 0 Å². The van der Waals surface area contributed by atoms with Crippen molar-refractivity contribution in [2.45, 2.75) is 18.8 Å². The summed E-state index contributed by atoms with van der Waals surface area (Å²) in [6.07, 6.45) is 4.24.